The fourth-order valence-electron chi connectivity index (χ4n) is 3.33. The lowest BCUT2D eigenvalue weighted by Gasteiger charge is -2.19. The predicted octanol–water partition coefficient (Wildman–Crippen LogP) is 4.92. The van der Waals surface area contributed by atoms with Crippen LogP contribution in [0.3, 0.4) is 0 Å². The van der Waals surface area contributed by atoms with E-state index in [1.54, 1.807) is 18.2 Å². The third-order valence-corrected chi connectivity index (χ3v) is 5.09. The van der Waals surface area contributed by atoms with Gasteiger partial charge in [0.15, 0.2) is 11.5 Å². The molecule has 0 saturated heterocycles. The highest BCUT2D eigenvalue weighted by Crippen LogP contribution is 2.34. The number of anilines is 1. The number of benzene rings is 2. The number of amides is 1. The monoisotopic (exact) mass is 391 g/mol. The van der Waals surface area contributed by atoms with Crippen molar-refractivity contribution in [1.82, 2.24) is 10.2 Å². The topological polar surface area (TPSA) is 76.2 Å². The zero-order valence-electron chi connectivity index (χ0n) is 17.1. The molecule has 0 unspecified atom stereocenters. The second kappa shape index (κ2) is 7.28. The molecule has 4 rings (SSSR count). The third-order valence-electron chi connectivity index (χ3n) is 5.09. The van der Waals surface area contributed by atoms with Crippen LogP contribution in [0.2, 0.25) is 0 Å². The average molecular weight is 391 g/mol. The number of rotatable bonds is 4. The molecule has 29 heavy (non-hydrogen) atoms. The van der Waals surface area contributed by atoms with Gasteiger partial charge in [-0.25, -0.2) is 0 Å². The molecule has 6 nitrogen and oxygen atoms in total. The Morgan fingerprint density at radius 3 is 2.52 bits per heavy atom. The molecule has 0 aliphatic carbocycles. The van der Waals surface area contributed by atoms with Gasteiger partial charge in [-0.2, -0.15) is 5.10 Å². The van der Waals surface area contributed by atoms with Crippen molar-refractivity contribution in [2.24, 2.45) is 0 Å². The second-order valence-corrected chi connectivity index (χ2v) is 8.13. The van der Waals surface area contributed by atoms with Crippen LogP contribution in [0.1, 0.15) is 49.3 Å². The summed E-state index contributed by atoms with van der Waals surface area (Å²) in [5.41, 5.74) is 5.11. The van der Waals surface area contributed by atoms with Crippen molar-refractivity contribution in [3.8, 4) is 22.8 Å². The van der Waals surface area contributed by atoms with E-state index in [1.165, 1.54) is 5.56 Å². The summed E-state index contributed by atoms with van der Waals surface area (Å²) < 4.78 is 10.7. The van der Waals surface area contributed by atoms with Crippen LogP contribution in [-0.4, -0.2) is 22.9 Å². The summed E-state index contributed by atoms with van der Waals surface area (Å²) >= 11 is 0. The van der Waals surface area contributed by atoms with Gasteiger partial charge in [0.2, 0.25) is 6.79 Å². The number of H-pyrrole nitrogens is 1. The van der Waals surface area contributed by atoms with Gasteiger partial charge in [-0.15, -0.1) is 0 Å². The molecule has 6 heteroatoms. The molecule has 3 aromatic rings. The first kappa shape index (κ1) is 19.1. The van der Waals surface area contributed by atoms with Crippen molar-refractivity contribution in [1.29, 1.82) is 0 Å². The lowest BCUT2D eigenvalue weighted by molar-refractivity contribution is 0.102. The molecule has 0 bridgehead atoms. The lowest BCUT2D eigenvalue weighted by Crippen LogP contribution is -2.13. The van der Waals surface area contributed by atoms with Crippen molar-refractivity contribution in [2.45, 2.75) is 39.5 Å². The fraction of sp³-hybridized carbons (Fsp3) is 0.304. The first-order valence-electron chi connectivity index (χ1n) is 9.76. The van der Waals surface area contributed by atoms with Gasteiger partial charge in [0.1, 0.15) is 5.69 Å². The molecule has 2 N–H and O–H groups in total. The first-order valence-corrected chi connectivity index (χ1v) is 9.76. The molecule has 1 aliphatic rings. The SMILES string of the molecule is CCc1[nH]nc(-c2ccc(C(C)(C)C)cc2)c1NC(=O)c1ccc2c(c1)OCO2. The lowest BCUT2D eigenvalue weighted by atomic mass is 9.86. The molecule has 2 heterocycles. The third kappa shape index (κ3) is 3.70. The highest BCUT2D eigenvalue weighted by Gasteiger charge is 2.21. The highest BCUT2D eigenvalue weighted by atomic mass is 16.7. The van der Waals surface area contributed by atoms with Gasteiger partial charge in [0.05, 0.1) is 11.4 Å². The Morgan fingerprint density at radius 1 is 1.10 bits per heavy atom. The minimum atomic E-state index is -0.216. The van der Waals surface area contributed by atoms with E-state index < -0.39 is 0 Å². The zero-order chi connectivity index (χ0) is 20.6. The number of hydrogen-bond donors (Lipinski definition) is 2. The number of hydrogen-bond acceptors (Lipinski definition) is 4. The van der Waals surface area contributed by atoms with Crippen molar-refractivity contribution < 1.29 is 14.3 Å². The summed E-state index contributed by atoms with van der Waals surface area (Å²) in [4.78, 5) is 12.9. The second-order valence-electron chi connectivity index (χ2n) is 8.13. The molecule has 1 aliphatic heterocycles. The van der Waals surface area contributed by atoms with Gasteiger partial charge >= 0.3 is 0 Å². The van der Waals surface area contributed by atoms with E-state index in [9.17, 15) is 4.79 Å². The Hall–Kier alpha value is -3.28. The molecule has 0 atom stereocenters. The van der Waals surface area contributed by atoms with Crippen LogP contribution < -0.4 is 14.8 Å². The molecule has 1 aromatic heterocycles. The number of fused-ring (bicyclic) bond motifs is 1. The molecular weight excluding hydrogens is 366 g/mol. The Balaban J connectivity index is 1.64. The molecule has 0 fully saturated rings. The largest absolute Gasteiger partial charge is 0.454 e. The number of aryl methyl sites for hydroxylation is 1. The van der Waals surface area contributed by atoms with E-state index in [1.807, 2.05) is 19.1 Å². The Bertz CT molecular complexity index is 1050. The van der Waals surface area contributed by atoms with Crippen molar-refractivity contribution >= 4 is 11.6 Å². The van der Waals surface area contributed by atoms with Gasteiger partial charge in [-0.3, -0.25) is 9.89 Å². The number of nitrogens with zero attached hydrogens (tertiary/aromatic N) is 1. The number of ether oxygens (including phenoxy) is 2. The Labute approximate surface area is 170 Å². The van der Waals surface area contributed by atoms with E-state index in [0.29, 0.717) is 22.7 Å². The molecular formula is C23H25N3O3. The van der Waals surface area contributed by atoms with Crippen LogP contribution in [0.4, 0.5) is 5.69 Å². The standard InChI is InChI=1S/C23H25N3O3/c1-5-17-21(24-22(27)15-8-11-18-19(12-15)29-13-28-18)20(26-25-17)14-6-9-16(10-7-14)23(2,3)4/h6-12H,5,13H2,1-4H3,(H,24,27)(H,25,26). The molecule has 0 spiro atoms. The van der Waals surface area contributed by atoms with Crippen LogP contribution >= 0.6 is 0 Å². The summed E-state index contributed by atoms with van der Waals surface area (Å²) in [5, 5.41) is 10.6. The minimum Gasteiger partial charge on any atom is -0.454 e. The number of nitrogens with one attached hydrogen (secondary N) is 2. The molecule has 0 radical (unpaired) electrons. The van der Waals surface area contributed by atoms with Crippen LogP contribution in [0, 0.1) is 0 Å². The van der Waals surface area contributed by atoms with Crippen LogP contribution in [0.15, 0.2) is 42.5 Å². The predicted molar refractivity (Wildman–Crippen MR) is 113 cm³/mol. The minimum absolute atomic E-state index is 0.0785. The number of aromatic amines is 1. The van der Waals surface area contributed by atoms with Crippen molar-refractivity contribution in [3.05, 3.63) is 59.3 Å². The molecule has 150 valence electrons. The quantitative estimate of drug-likeness (QED) is 0.662. The number of aromatic nitrogens is 2. The maximum atomic E-state index is 12.9. The first-order chi connectivity index (χ1) is 13.9. The van der Waals surface area contributed by atoms with Crippen molar-refractivity contribution in [2.75, 3.05) is 12.1 Å². The van der Waals surface area contributed by atoms with Crippen LogP contribution in [-0.2, 0) is 11.8 Å². The average Bonchev–Trinajstić information content (AvgIpc) is 3.33. The van der Waals surface area contributed by atoms with Gasteiger partial charge in [-0.05, 0) is 35.6 Å². The van der Waals surface area contributed by atoms with E-state index in [4.69, 9.17) is 9.47 Å². The maximum absolute atomic E-state index is 12.9. The summed E-state index contributed by atoms with van der Waals surface area (Å²) in [6, 6.07) is 13.5. The van der Waals surface area contributed by atoms with Crippen LogP contribution in [0.25, 0.3) is 11.3 Å². The molecule has 1 amide bonds. The highest BCUT2D eigenvalue weighted by molar-refractivity contribution is 6.06. The molecule has 0 saturated carbocycles. The van der Waals surface area contributed by atoms with E-state index in [0.717, 1.165) is 23.4 Å². The smallest absolute Gasteiger partial charge is 0.255 e. The van der Waals surface area contributed by atoms with E-state index in [2.05, 4.69) is 48.4 Å². The summed E-state index contributed by atoms with van der Waals surface area (Å²) in [6.07, 6.45) is 0.726. The summed E-state index contributed by atoms with van der Waals surface area (Å²) in [5.74, 6) is 1.02. The van der Waals surface area contributed by atoms with E-state index in [-0.39, 0.29) is 18.1 Å². The van der Waals surface area contributed by atoms with Crippen LogP contribution in [0.5, 0.6) is 11.5 Å². The van der Waals surface area contributed by atoms with Gasteiger partial charge in [-0.1, -0.05) is 52.0 Å². The molecule has 2 aromatic carbocycles. The zero-order valence-corrected chi connectivity index (χ0v) is 17.1. The van der Waals surface area contributed by atoms with Gasteiger partial charge in [0.25, 0.3) is 5.91 Å². The fourth-order valence-corrected chi connectivity index (χ4v) is 3.33. The van der Waals surface area contributed by atoms with Gasteiger partial charge in [0, 0.05) is 11.1 Å². The van der Waals surface area contributed by atoms with Gasteiger partial charge < -0.3 is 14.8 Å². The summed E-state index contributed by atoms with van der Waals surface area (Å²) in [7, 11) is 0. The summed E-state index contributed by atoms with van der Waals surface area (Å²) in [6.45, 7) is 8.75. The van der Waals surface area contributed by atoms with E-state index >= 15 is 0 Å². The maximum Gasteiger partial charge on any atom is 0.255 e. The number of carbonyl (C=O) groups excluding carboxylic acids is 1. The van der Waals surface area contributed by atoms with Crippen molar-refractivity contribution in [3.63, 3.8) is 0 Å². The normalized spacial score (nSPS) is 12.8. The Morgan fingerprint density at radius 2 is 1.83 bits per heavy atom. The Kier molecular flexibility index (Phi) is 4.78. The number of carbonyl (C=O) groups is 1.